The summed E-state index contributed by atoms with van der Waals surface area (Å²) < 4.78 is 0. The summed E-state index contributed by atoms with van der Waals surface area (Å²) in [5, 5.41) is 9.32. The number of anilines is 1. The fourth-order valence-electron chi connectivity index (χ4n) is 2.63. The molecule has 0 fully saturated rings. The molecule has 0 aliphatic rings. The lowest BCUT2D eigenvalue weighted by Gasteiger charge is -2.25. The van der Waals surface area contributed by atoms with E-state index in [1.54, 1.807) is 11.8 Å². The minimum atomic E-state index is -0.153. The Labute approximate surface area is 141 Å². The van der Waals surface area contributed by atoms with Crippen molar-refractivity contribution in [2.24, 2.45) is 0 Å². The third kappa shape index (κ3) is 8.09. The van der Waals surface area contributed by atoms with Crippen LogP contribution in [0.5, 0.6) is 0 Å². The topological polar surface area (TPSA) is 23.5 Å². The number of benzene rings is 1. The predicted octanol–water partition coefficient (Wildman–Crippen LogP) is 5.35. The largest absolute Gasteiger partial charge is 0.393 e. The molecule has 0 amide bonds. The van der Waals surface area contributed by atoms with Gasteiger partial charge >= 0.3 is 0 Å². The molecule has 0 aliphatic heterocycles. The molecule has 0 aliphatic carbocycles. The van der Waals surface area contributed by atoms with Gasteiger partial charge in [-0.05, 0) is 56.7 Å². The second-order valence-electron chi connectivity index (χ2n) is 6.09. The summed E-state index contributed by atoms with van der Waals surface area (Å²) in [4.78, 5) is 3.86. The summed E-state index contributed by atoms with van der Waals surface area (Å²) in [5.41, 5.74) is 1.35. The smallest absolute Gasteiger partial charge is 0.0512 e. The van der Waals surface area contributed by atoms with Crippen LogP contribution >= 0.6 is 11.8 Å². The van der Waals surface area contributed by atoms with E-state index in [0.717, 1.165) is 25.9 Å². The molecule has 2 nitrogen and oxygen atoms in total. The highest BCUT2D eigenvalue weighted by Crippen LogP contribution is 2.21. The van der Waals surface area contributed by atoms with Gasteiger partial charge < -0.3 is 10.0 Å². The van der Waals surface area contributed by atoms with Crippen molar-refractivity contribution in [2.45, 2.75) is 69.8 Å². The van der Waals surface area contributed by atoms with Gasteiger partial charge in [0.15, 0.2) is 0 Å². The second-order valence-corrected chi connectivity index (χ2v) is 6.97. The first-order valence-corrected chi connectivity index (χ1v) is 9.97. The molecule has 22 heavy (non-hydrogen) atoms. The zero-order valence-electron chi connectivity index (χ0n) is 14.6. The zero-order valence-corrected chi connectivity index (χ0v) is 15.4. The first-order valence-electron chi connectivity index (χ1n) is 8.74. The molecule has 1 N–H and O–H groups in total. The van der Waals surface area contributed by atoms with Gasteiger partial charge in [0.05, 0.1) is 6.10 Å². The molecule has 0 saturated heterocycles. The van der Waals surface area contributed by atoms with Crippen molar-refractivity contribution >= 4 is 17.4 Å². The zero-order chi connectivity index (χ0) is 16.2. The van der Waals surface area contributed by atoms with Crippen molar-refractivity contribution < 1.29 is 5.11 Å². The molecule has 0 aromatic heterocycles. The number of hydrogen-bond donors (Lipinski definition) is 1. The van der Waals surface area contributed by atoms with E-state index in [4.69, 9.17) is 0 Å². The molecule has 3 heteroatoms. The van der Waals surface area contributed by atoms with Gasteiger partial charge in [-0.1, -0.05) is 32.6 Å². The van der Waals surface area contributed by atoms with Gasteiger partial charge in [-0.3, -0.25) is 0 Å². The summed E-state index contributed by atoms with van der Waals surface area (Å²) in [6, 6.07) is 8.96. The molecule has 1 rings (SSSR count). The molecule has 0 radical (unpaired) electrons. The molecule has 0 saturated carbocycles. The van der Waals surface area contributed by atoms with Crippen molar-refractivity contribution in [3.05, 3.63) is 24.3 Å². The minimum absolute atomic E-state index is 0.153. The molecule has 1 atom stereocenters. The molecule has 1 aromatic rings. The highest BCUT2D eigenvalue weighted by molar-refractivity contribution is 7.98. The Morgan fingerprint density at radius 1 is 1.00 bits per heavy atom. The van der Waals surface area contributed by atoms with E-state index in [0.29, 0.717) is 0 Å². The molecule has 126 valence electrons. The maximum atomic E-state index is 9.32. The van der Waals surface area contributed by atoms with E-state index in [2.05, 4.69) is 42.3 Å². The predicted molar refractivity (Wildman–Crippen MR) is 100 cm³/mol. The van der Waals surface area contributed by atoms with Crippen LogP contribution in [-0.2, 0) is 0 Å². The fraction of sp³-hybridized carbons (Fsp3) is 0.684. The van der Waals surface area contributed by atoms with E-state index in [1.165, 1.54) is 42.7 Å². The lowest BCUT2D eigenvalue weighted by molar-refractivity contribution is 0.180. The summed E-state index contributed by atoms with van der Waals surface area (Å²) >= 11 is 1.80. The van der Waals surface area contributed by atoms with Crippen LogP contribution in [-0.4, -0.2) is 30.6 Å². The SMILES string of the molecule is CCCCCN(CCCCCC(C)O)c1ccc(SC)cc1. The van der Waals surface area contributed by atoms with Crippen molar-refractivity contribution in [2.75, 3.05) is 24.2 Å². The lowest BCUT2D eigenvalue weighted by atomic mass is 10.1. The second kappa shape index (κ2) is 11.8. The normalized spacial score (nSPS) is 12.4. The fourth-order valence-corrected chi connectivity index (χ4v) is 3.04. The number of hydrogen-bond acceptors (Lipinski definition) is 3. The third-order valence-corrected chi connectivity index (χ3v) is 4.76. The van der Waals surface area contributed by atoms with E-state index in [-0.39, 0.29) is 6.10 Å². The van der Waals surface area contributed by atoms with Crippen molar-refractivity contribution in [3.63, 3.8) is 0 Å². The molecule has 0 heterocycles. The molecule has 0 bridgehead atoms. The van der Waals surface area contributed by atoms with Crippen LogP contribution in [0, 0.1) is 0 Å². The van der Waals surface area contributed by atoms with E-state index < -0.39 is 0 Å². The number of nitrogens with zero attached hydrogens (tertiary/aromatic N) is 1. The lowest BCUT2D eigenvalue weighted by Crippen LogP contribution is -2.25. The molecular weight excluding hydrogens is 290 g/mol. The Bertz CT molecular complexity index is 378. The van der Waals surface area contributed by atoms with Gasteiger partial charge in [-0.15, -0.1) is 11.8 Å². The average Bonchev–Trinajstić information content (AvgIpc) is 2.53. The number of aliphatic hydroxyl groups is 1. The van der Waals surface area contributed by atoms with E-state index in [9.17, 15) is 5.11 Å². The van der Waals surface area contributed by atoms with Crippen LogP contribution in [0.4, 0.5) is 5.69 Å². The number of aliphatic hydroxyl groups excluding tert-OH is 1. The van der Waals surface area contributed by atoms with E-state index >= 15 is 0 Å². The van der Waals surface area contributed by atoms with Gasteiger partial charge in [-0.25, -0.2) is 0 Å². The first kappa shape index (κ1) is 19.4. The van der Waals surface area contributed by atoms with Crippen molar-refractivity contribution in [3.8, 4) is 0 Å². The number of unbranched alkanes of at least 4 members (excludes halogenated alkanes) is 4. The Kier molecular flexibility index (Phi) is 10.4. The standard InChI is InChI=1S/C19H33NOS/c1-4-5-8-15-20(16-9-6-7-10-17(2)21)18-11-13-19(22-3)14-12-18/h11-14,17,21H,4-10,15-16H2,1-3H3. The van der Waals surface area contributed by atoms with Crippen LogP contribution in [0.1, 0.15) is 58.8 Å². The quantitative estimate of drug-likeness (QED) is 0.414. The molecular formula is C19H33NOS. The minimum Gasteiger partial charge on any atom is -0.393 e. The Morgan fingerprint density at radius 2 is 1.64 bits per heavy atom. The van der Waals surface area contributed by atoms with Gasteiger partial charge in [-0.2, -0.15) is 0 Å². The third-order valence-electron chi connectivity index (χ3n) is 4.02. The molecule has 1 aromatic carbocycles. The average molecular weight is 324 g/mol. The van der Waals surface area contributed by atoms with E-state index in [1.807, 2.05) is 6.92 Å². The van der Waals surface area contributed by atoms with Crippen molar-refractivity contribution in [1.29, 1.82) is 0 Å². The van der Waals surface area contributed by atoms with Crippen LogP contribution in [0.2, 0.25) is 0 Å². The summed E-state index contributed by atoms with van der Waals surface area (Å²) in [6.45, 7) is 6.42. The molecule has 1 unspecified atom stereocenters. The Hall–Kier alpha value is -0.670. The summed E-state index contributed by atoms with van der Waals surface area (Å²) in [5.74, 6) is 0. The van der Waals surface area contributed by atoms with Crippen molar-refractivity contribution in [1.82, 2.24) is 0 Å². The molecule has 0 spiro atoms. The highest BCUT2D eigenvalue weighted by Gasteiger charge is 2.06. The van der Waals surface area contributed by atoms with Crippen LogP contribution in [0.3, 0.4) is 0 Å². The monoisotopic (exact) mass is 323 g/mol. The highest BCUT2D eigenvalue weighted by atomic mass is 32.2. The number of thioether (sulfide) groups is 1. The summed E-state index contributed by atoms with van der Waals surface area (Å²) in [7, 11) is 0. The Morgan fingerprint density at radius 3 is 2.18 bits per heavy atom. The Balaban J connectivity index is 2.47. The van der Waals surface area contributed by atoms with Crippen LogP contribution in [0.15, 0.2) is 29.2 Å². The number of rotatable bonds is 12. The van der Waals surface area contributed by atoms with Gasteiger partial charge in [0.1, 0.15) is 0 Å². The van der Waals surface area contributed by atoms with Crippen LogP contribution in [0.25, 0.3) is 0 Å². The van der Waals surface area contributed by atoms with Crippen LogP contribution < -0.4 is 4.90 Å². The maximum absolute atomic E-state index is 9.32. The van der Waals surface area contributed by atoms with Gasteiger partial charge in [0, 0.05) is 23.7 Å². The first-order chi connectivity index (χ1) is 10.7. The van der Waals surface area contributed by atoms with Gasteiger partial charge in [0.25, 0.3) is 0 Å². The maximum Gasteiger partial charge on any atom is 0.0512 e. The van der Waals surface area contributed by atoms with Gasteiger partial charge in [0.2, 0.25) is 0 Å². The summed E-state index contributed by atoms with van der Waals surface area (Å²) in [6.07, 6.45) is 10.3.